The summed E-state index contributed by atoms with van der Waals surface area (Å²) in [5.74, 6) is 1.05. The SMILES string of the molecule is CC(O)c1ccc(-c2cnc(NC(=O)Cc3ccc(C4CO4)cc3)c(CC3CCCC3)n2)cc1. The van der Waals surface area contributed by atoms with Crippen LogP contribution in [-0.4, -0.2) is 27.6 Å². The average molecular weight is 458 g/mol. The summed E-state index contributed by atoms with van der Waals surface area (Å²) in [6.07, 6.45) is 7.43. The summed E-state index contributed by atoms with van der Waals surface area (Å²) in [7, 11) is 0. The Kier molecular flexibility index (Phi) is 6.70. The van der Waals surface area contributed by atoms with E-state index in [1.165, 1.54) is 25.7 Å². The Bertz CT molecular complexity index is 1130. The molecule has 1 aliphatic heterocycles. The van der Waals surface area contributed by atoms with Crippen molar-refractivity contribution >= 4 is 11.7 Å². The van der Waals surface area contributed by atoms with Gasteiger partial charge in [-0.2, -0.15) is 0 Å². The third-order valence-corrected chi connectivity index (χ3v) is 6.80. The number of carbonyl (C=O) groups excluding carboxylic acids is 1. The molecule has 2 unspecified atom stereocenters. The highest BCUT2D eigenvalue weighted by molar-refractivity contribution is 5.92. The van der Waals surface area contributed by atoms with E-state index in [4.69, 9.17) is 9.72 Å². The summed E-state index contributed by atoms with van der Waals surface area (Å²) >= 11 is 0. The highest BCUT2D eigenvalue weighted by Crippen LogP contribution is 2.31. The lowest BCUT2D eigenvalue weighted by atomic mass is 10.0. The number of rotatable bonds is 8. The minimum atomic E-state index is -0.506. The van der Waals surface area contributed by atoms with Crippen LogP contribution in [0.25, 0.3) is 11.3 Å². The number of nitrogens with one attached hydrogen (secondary N) is 1. The minimum Gasteiger partial charge on any atom is -0.389 e. The maximum Gasteiger partial charge on any atom is 0.229 e. The van der Waals surface area contributed by atoms with Crippen LogP contribution in [0.5, 0.6) is 0 Å². The molecular weight excluding hydrogens is 426 g/mol. The molecule has 1 aromatic heterocycles. The molecule has 1 amide bonds. The van der Waals surface area contributed by atoms with Crippen LogP contribution in [0.1, 0.15) is 67.2 Å². The van der Waals surface area contributed by atoms with E-state index in [1.807, 2.05) is 48.5 Å². The number of aliphatic hydroxyl groups excluding tert-OH is 1. The molecule has 2 N–H and O–H groups in total. The van der Waals surface area contributed by atoms with Gasteiger partial charge in [0.1, 0.15) is 6.10 Å². The first-order valence-corrected chi connectivity index (χ1v) is 12.2. The van der Waals surface area contributed by atoms with Crippen LogP contribution in [0.2, 0.25) is 0 Å². The van der Waals surface area contributed by atoms with E-state index >= 15 is 0 Å². The predicted octanol–water partition coefficient (Wildman–Crippen LogP) is 5.18. The van der Waals surface area contributed by atoms with Crippen molar-refractivity contribution in [3.05, 3.63) is 77.1 Å². The fraction of sp³-hybridized carbons (Fsp3) is 0.393. The molecule has 2 aromatic carbocycles. The summed E-state index contributed by atoms with van der Waals surface area (Å²) in [6, 6.07) is 15.8. The van der Waals surface area contributed by atoms with Crippen molar-refractivity contribution in [2.45, 2.75) is 57.7 Å². The summed E-state index contributed by atoms with van der Waals surface area (Å²) in [5, 5.41) is 12.8. The summed E-state index contributed by atoms with van der Waals surface area (Å²) in [6.45, 7) is 2.53. The molecule has 2 fully saturated rings. The number of benzene rings is 2. The smallest absolute Gasteiger partial charge is 0.229 e. The van der Waals surface area contributed by atoms with E-state index in [2.05, 4.69) is 10.3 Å². The number of amides is 1. The van der Waals surface area contributed by atoms with Gasteiger partial charge in [0.25, 0.3) is 0 Å². The van der Waals surface area contributed by atoms with Crippen LogP contribution in [-0.2, 0) is 22.4 Å². The maximum atomic E-state index is 12.8. The molecule has 3 aromatic rings. The number of carbonyl (C=O) groups is 1. The lowest BCUT2D eigenvalue weighted by Gasteiger charge is -2.15. The second-order valence-electron chi connectivity index (χ2n) is 9.49. The topological polar surface area (TPSA) is 87.6 Å². The third-order valence-electron chi connectivity index (χ3n) is 6.80. The van der Waals surface area contributed by atoms with Crippen molar-refractivity contribution in [2.24, 2.45) is 5.92 Å². The molecule has 5 rings (SSSR count). The fourth-order valence-corrected chi connectivity index (χ4v) is 4.69. The third kappa shape index (κ3) is 5.51. The van der Waals surface area contributed by atoms with Gasteiger partial charge < -0.3 is 15.2 Å². The van der Waals surface area contributed by atoms with Crippen molar-refractivity contribution in [3.63, 3.8) is 0 Å². The molecule has 2 heterocycles. The molecule has 176 valence electrons. The monoisotopic (exact) mass is 457 g/mol. The lowest BCUT2D eigenvalue weighted by molar-refractivity contribution is -0.115. The van der Waals surface area contributed by atoms with Gasteiger partial charge >= 0.3 is 0 Å². The number of anilines is 1. The highest BCUT2D eigenvalue weighted by Gasteiger charge is 2.24. The highest BCUT2D eigenvalue weighted by atomic mass is 16.6. The van der Waals surface area contributed by atoms with Crippen LogP contribution in [0, 0.1) is 5.92 Å². The Balaban J connectivity index is 1.33. The largest absolute Gasteiger partial charge is 0.389 e. The molecule has 2 atom stereocenters. The van der Waals surface area contributed by atoms with Crippen molar-refractivity contribution in [1.29, 1.82) is 0 Å². The standard InChI is InChI=1S/C28H31N3O3/c1-18(32)21-10-12-22(13-11-21)25-16-29-28(24(30-25)14-19-4-2-3-5-19)31-27(33)15-20-6-8-23(9-7-20)26-17-34-26/h6-13,16,18-19,26,32H,2-5,14-15,17H2,1H3,(H,29,31,33). The molecule has 1 saturated heterocycles. The Morgan fingerprint density at radius 3 is 2.47 bits per heavy atom. The summed E-state index contributed by atoms with van der Waals surface area (Å²) < 4.78 is 5.31. The normalized spacial score (nSPS) is 18.6. The fourth-order valence-electron chi connectivity index (χ4n) is 4.69. The van der Waals surface area contributed by atoms with Gasteiger partial charge in [-0.3, -0.25) is 4.79 Å². The Morgan fingerprint density at radius 2 is 1.82 bits per heavy atom. The van der Waals surface area contributed by atoms with Crippen LogP contribution in [0.3, 0.4) is 0 Å². The number of nitrogens with zero attached hydrogens (tertiary/aromatic N) is 2. The Labute approximate surface area is 200 Å². The zero-order valence-electron chi connectivity index (χ0n) is 19.5. The molecule has 34 heavy (non-hydrogen) atoms. The molecule has 0 radical (unpaired) electrons. The van der Waals surface area contributed by atoms with Crippen molar-refractivity contribution in [1.82, 2.24) is 9.97 Å². The zero-order chi connectivity index (χ0) is 23.5. The van der Waals surface area contributed by atoms with Gasteiger partial charge in [0.05, 0.1) is 36.7 Å². The van der Waals surface area contributed by atoms with Crippen molar-refractivity contribution in [2.75, 3.05) is 11.9 Å². The Hall–Kier alpha value is -3.09. The van der Waals surface area contributed by atoms with Gasteiger partial charge in [-0.1, -0.05) is 74.2 Å². The maximum absolute atomic E-state index is 12.8. The summed E-state index contributed by atoms with van der Waals surface area (Å²) in [5.41, 5.74) is 5.55. The minimum absolute atomic E-state index is 0.0913. The van der Waals surface area contributed by atoms with Gasteiger partial charge in [0.15, 0.2) is 5.82 Å². The van der Waals surface area contributed by atoms with Gasteiger partial charge in [0, 0.05) is 5.56 Å². The second kappa shape index (κ2) is 10.0. The predicted molar refractivity (Wildman–Crippen MR) is 131 cm³/mol. The molecule has 6 nitrogen and oxygen atoms in total. The molecule has 2 aliphatic rings. The van der Waals surface area contributed by atoms with Gasteiger partial charge in [-0.15, -0.1) is 0 Å². The van der Waals surface area contributed by atoms with E-state index in [9.17, 15) is 9.90 Å². The number of aromatic nitrogens is 2. The number of hydrogen-bond acceptors (Lipinski definition) is 5. The zero-order valence-corrected chi connectivity index (χ0v) is 19.5. The molecule has 1 aliphatic carbocycles. The quantitative estimate of drug-likeness (QED) is 0.455. The van der Waals surface area contributed by atoms with E-state index in [-0.39, 0.29) is 12.0 Å². The number of ether oxygens (including phenoxy) is 1. The van der Waals surface area contributed by atoms with Gasteiger partial charge in [-0.05, 0) is 36.0 Å². The molecule has 0 bridgehead atoms. The van der Waals surface area contributed by atoms with E-state index in [1.54, 1.807) is 13.1 Å². The Morgan fingerprint density at radius 1 is 1.12 bits per heavy atom. The van der Waals surface area contributed by atoms with Crippen LogP contribution in [0.4, 0.5) is 5.82 Å². The summed E-state index contributed by atoms with van der Waals surface area (Å²) in [4.78, 5) is 22.4. The van der Waals surface area contributed by atoms with Gasteiger partial charge in [-0.25, -0.2) is 9.97 Å². The molecule has 1 saturated carbocycles. The van der Waals surface area contributed by atoms with Gasteiger partial charge in [0.2, 0.25) is 5.91 Å². The number of epoxide rings is 1. The first-order chi connectivity index (χ1) is 16.5. The second-order valence-corrected chi connectivity index (χ2v) is 9.49. The first-order valence-electron chi connectivity index (χ1n) is 12.2. The van der Waals surface area contributed by atoms with E-state index in [0.29, 0.717) is 18.2 Å². The molecular formula is C28H31N3O3. The van der Waals surface area contributed by atoms with Crippen molar-refractivity contribution < 1.29 is 14.6 Å². The van der Waals surface area contributed by atoms with E-state index < -0.39 is 6.10 Å². The van der Waals surface area contributed by atoms with Crippen LogP contribution >= 0.6 is 0 Å². The van der Waals surface area contributed by atoms with Crippen LogP contribution in [0.15, 0.2) is 54.7 Å². The van der Waals surface area contributed by atoms with Crippen molar-refractivity contribution in [3.8, 4) is 11.3 Å². The lowest BCUT2D eigenvalue weighted by Crippen LogP contribution is -2.18. The van der Waals surface area contributed by atoms with Crippen LogP contribution < -0.4 is 5.32 Å². The molecule has 6 heteroatoms. The first kappa shape index (κ1) is 22.7. The average Bonchev–Trinajstić information content (AvgIpc) is 3.57. The molecule has 0 spiro atoms. The number of hydrogen-bond donors (Lipinski definition) is 2. The number of aliphatic hydroxyl groups is 1. The van der Waals surface area contributed by atoms with E-state index in [0.717, 1.165) is 46.7 Å².